The van der Waals surface area contributed by atoms with Crippen molar-refractivity contribution in [2.24, 2.45) is 0 Å². The molecule has 0 spiro atoms. The second-order valence-electron chi connectivity index (χ2n) is 5.46. The highest BCUT2D eigenvalue weighted by atomic mass is 28.4. The Morgan fingerprint density at radius 3 is 1.54 bits per heavy atom. The van der Waals surface area contributed by atoms with Gasteiger partial charge in [-0.1, -0.05) is 42.5 Å². The summed E-state index contributed by atoms with van der Waals surface area (Å²) in [6.07, 6.45) is 0. The zero-order chi connectivity index (χ0) is 19.2. The van der Waals surface area contributed by atoms with Gasteiger partial charge in [0.1, 0.15) is 0 Å². The lowest BCUT2D eigenvalue weighted by atomic mass is 10.1. The van der Waals surface area contributed by atoms with Gasteiger partial charge in [-0.2, -0.15) is 0 Å². The second-order valence-corrected chi connectivity index (χ2v) is 11.3. The summed E-state index contributed by atoms with van der Waals surface area (Å²) in [5, 5.41) is 1.71. The maximum Gasteiger partial charge on any atom is 0.537 e. The van der Waals surface area contributed by atoms with E-state index in [2.05, 4.69) is 0 Å². The summed E-state index contributed by atoms with van der Waals surface area (Å²) in [6.45, 7) is 0. The highest BCUT2D eigenvalue weighted by molar-refractivity contribution is 6.78. The lowest BCUT2D eigenvalue weighted by Crippen LogP contribution is -2.58. The van der Waals surface area contributed by atoms with Crippen LogP contribution in [-0.4, -0.2) is 60.3 Å². The van der Waals surface area contributed by atoms with Crippen LogP contribution in [0.3, 0.4) is 0 Å². The molecule has 0 amide bonds. The highest BCUT2D eigenvalue weighted by Crippen LogP contribution is 2.22. The monoisotopic (exact) mass is 394 g/mol. The van der Waals surface area contributed by atoms with E-state index in [4.69, 9.17) is 26.6 Å². The Bertz CT molecular complexity index is 686. The molecular formula is C18H26O6Si2. The quantitative estimate of drug-likeness (QED) is 0.601. The van der Waals surface area contributed by atoms with E-state index in [1.165, 1.54) is 0 Å². The van der Waals surface area contributed by atoms with Crippen LogP contribution in [-0.2, 0) is 26.6 Å². The minimum Gasteiger partial charge on any atom is -0.373 e. The fourth-order valence-corrected chi connectivity index (χ4v) is 6.85. The number of hydrogen-bond donors (Lipinski definition) is 0. The second kappa shape index (κ2) is 9.02. The zero-order valence-electron chi connectivity index (χ0n) is 16.1. The molecule has 0 saturated carbocycles. The van der Waals surface area contributed by atoms with Crippen molar-refractivity contribution in [3.05, 3.63) is 48.5 Å². The molecule has 0 heterocycles. The Kier molecular flexibility index (Phi) is 7.27. The molecule has 0 fully saturated rings. The van der Waals surface area contributed by atoms with Gasteiger partial charge in [0.25, 0.3) is 0 Å². The minimum absolute atomic E-state index is 0.846. The van der Waals surface area contributed by atoms with E-state index >= 15 is 0 Å². The molecule has 8 heteroatoms. The molecule has 0 atom stereocenters. The lowest BCUT2D eigenvalue weighted by Gasteiger charge is -2.29. The topological polar surface area (TPSA) is 55.4 Å². The first-order valence-corrected chi connectivity index (χ1v) is 11.5. The van der Waals surface area contributed by atoms with Crippen molar-refractivity contribution in [3.63, 3.8) is 0 Å². The molecule has 0 saturated heterocycles. The van der Waals surface area contributed by atoms with Gasteiger partial charge < -0.3 is 26.6 Å². The van der Waals surface area contributed by atoms with E-state index in [1.54, 1.807) is 42.7 Å². The van der Waals surface area contributed by atoms with Gasteiger partial charge in [-0.05, 0) is 17.2 Å². The van der Waals surface area contributed by atoms with Crippen LogP contribution in [0.5, 0.6) is 0 Å². The molecule has 0 aliphatic heterocycles. The Labute approximate surface area is 157 Å². The number of hydrogen-bond acceptors (Lipinski definition) is 6. The van der Waals surface area contributed by atoms with Gasteiger partial charge in [-0.3, -0.25) is 0 Å². The first-order chi connectivity index (χ1) is 12.6. The molecule has 0 aliphatic carbocycles. The van der Waals surface area contributed by atoms with Gasteiger partial charge in [-0.15, -0.1) is 0 Å². The van der Waals surface area contributed by atoms with Crippen LogP contribution in [0.1, 0.15) is 0 Å². The SMILES string of the molecule is CO[Si](OC)(OC)c1ccc([Si](OC)(OC)OC)c(-c2ccccc2)c1. The third-order valence-corrected chi connectivity index (χ3v) is 9.74. The summed E-state index contributed by atoms with van der Waals surface area (Å²) in [6, 6.07) is 15.9. The van der Waals surface area contributed by atoms with Crippen molar-refractivity contribution in [2.75, 3.05) is 42.7 Å². The third-order valence-electron chi connectivity index (χ3n) is 4.40. The molecule has 2 aromatic carbocycles. The Hall–Kier alpha value is -1.37. The molecule has 142 valence electrons. The normalized spacial score (nSPS) is 12.4. The summed E-state index contributed by atoms with van der Waals surface area (Å²) in [4.78, 5) is 0. The van der Waals surface area contributed by atoms with Crippen molar-refractivity contribution in [1.82, 2.24) is 0 Å². The van der Waals surface area contributed by atoms with Crippen molar-refractivity contribution in [1.29, 1.82) is 0 Å². The minimum atomic E-state index is -3.04. The molecular weight excluding hydrogens is 368 g/mol. The highest BCUT2D eigenvalue weighted by Gasteiger charge is 2.46. The third kappa shape index (κ3) is 3.68. The van der Waals surface area contributed by atoms with Crippen molar-refractivity contribution in [3.8, 4) is 11.1 Å². The Morgan fingerprint density at radius 1 is 0.577 bits per heavy atom. The molecule has 0 aliphatic rings. The first kappa shape index (κ1) is 20.9. The van der Waals surface area contributed by atoms with Crippen LogP contribution in [0.2, 0.25) is 0 Å². The summed E-state index contributed by atoms with van der Waals surface area (Å²) in [5.41, 5.74) is 1.95. The van der Waals surface area contributed by atoms with Crippen molar-refractivity contribution < 1.29 is 26.6 Å². The van der Waals surface area contributed by atoms with Gasteiger partial charge >= 0.3 is 17.6 Å². The number of rotatable bonds is 9. The molecule has 6 nitrogen and oxygen atoms in total. The summed E-state index contributed by atoms with van der Waals surface area (Å²) in [5.74, 6) is 0. The zero-order valence-corrected chi connectivity index (χ0v) is 18.1. The van der Waals surface area contributed by atoms with Gasteiger partial charge in [0.05, 0.1) is 0 Å². The van der Waals surface area contributed by atoms with Crippen molar-refractivity contribution in [2.45, 2.75) is 0 Å². The van der Waals surface area contributed by atoms with E-state index < -0.39 is 17.6 Å². The Balaban J connectivity index is 2.75. The summed E-state index contributed by atoms with van der Waals surface area (Å²) >= 11 is 0. The van der Waals surface area contributed by atoms with Gasteiger partial charge in [0.15, 0.2) is 0 Å². The molecule has 2 rings (SSSR count). The molecule has 0 N–H and O–H groups in total. The van der Waals surface area contributed by atoms with Gasteiger partial charge in [0, 0.05) is 53.0 Å². The molecule has 0 bridgehead atoms. The van der Waals surface area contributed by atoms with Gasteiger partial charge in [0.2, 0.25) is 0 Å². The van der Waals surface area contributed by atoms with Crippen LogP contribution in [0.25, 0.3) is 11.1 Å². The Morgan fingerprint density at radius 2 is 1.08 bits per heavy atom. The fraction of sp³-hybridized carbons (Fsp3) is 0.333. The lowest BCUT2D eigenvalue weighted by molar-refractivity contribution is 0.139. The number of benzene rings is 2. The van der Waals surface area contributed by atoms with Crippen LogP contribution in [0.4, 0.5) is 0 Å². The van der Waals surface area contributed by atoms with E-state index in [1.807, 2.05) is 48.5 Å². The molecule has 0 aromatic heterocycles. The predicted octanol–water partition coefficient (Wildman–Crippen LogP) is 1.52. The van der Waals surface area contributed by atoms with Crippen molar-refractivity contribution >= 4 is 28.0 Å². The maximum absolute atomic E-state index is 5.70. The maximum atomic E-state index is 5.70. The average molecular weight is 395 g/mol. The van der Waals surface area contributed by atoms with Crippen LogP contribution >= 0.6 is 0 Å². The first-order valence-electron chi connectivity index (χ1n) is 8.07. The molecule has 0 radical (unpaired) electrons. The van der Waals surface area contributed by atoms with E-state index in [0.717, 1.165) is 21.5 Å². The molecule has 2 aromatic rings. The van der Waals surface area contributed by atoms with E-state index in [-0.39, 0.29) is 0 Å². The van der Waals surface area contributed by atoms with E-state index in [9.17, 15) is 0 Å². The van der Waals surface area contributed by atoms with Crippen LogP contribution in [0, 0.1) is 0 Å². The summed E-state index contributed by atoms with van der Waals surface area (Å²) in [7, 11) is 3.55. The van der Waals surface area contributed by atoms with E-state index in [0.29, 0.717) is 0 Å². The van der Waals surface area contributed by atoms with Crippen LogP contribution in [0.15, 0.2) is 48.5 Å². The fourth-order valence-electron chi connectivity index (χ4n) is 3.04. The summed E-state index contributed by atoms with van der Waals surface area (Å²) < 4.78 is 34.0. The largest absolute Gasteiger partial charge is 0.537 e. The predicted molar refractivity (Wildman–Crippen MR) is 105 cm³/mol. The molecule has 26 heavy (non-hydrogen) atoms. The standard InChI is InChI=1S/C18H26O6Si2/c1-19-25(20-2,21-3)16-12-13-18(26(22-4,23-5)24-6)17(14-16)15-10-8-7-9-11-15/h7-14H,1-6H3. The van der Waals surface area contributed by atoms with Gasteiger partial charge in [-0.25, -0.2) is 0 Å². The molecule has 0 unspecified atom stereocenters. The van der Waals surface area contributed by atoms with Crippen LogP contribution < -0.4 is 10.4 Å². The smallest absolute Gasteiger partial charge is 0.373 e. The average Bonchev–Trinajstić information content (AvgIpc) is 2.72.